The first-order chi connectivity index (χ1) is 15.1. The molecule has 1 amide bonds. The number of fused-ring (bicyclic) bond motifs is 1. The number of imidazole rings is 1. The first kappa shape index (κ1) is 19.4. The number of amides is 1. The number of anilines is 1. The zero-order valence-electron chi connectivity index (χ0n) is 17.8. The highest BCUT2D eigenvalue weighted by Crippen LogP contribution is 2.34. The predicted octanol–water partition coefficient (Wildman–Crippen LogP) is 4.92. The molecule has 5 rings (SSSR count). The van der Waals surface area contributed by atoms with E-state index in [1.165, 1.54) is 0 Å². The third-order valence-electron chi connectivity index (χ3n) is 6.01. The van der Waals surface area contributed by atoms with Gasteiger partial charge in [-0.15, -0.1) is 0 Å². The SMILES string of the molecule is COc1ccccc1Cn1c([C@H]2CC(=O)N(c3cccc(C)c3)C2)nc2ccccc21. The summed E-state index contributed by atoms with van der Waals surface area (Å²) < 4.78 is 7.82. The molecule has 0 bridgehead atoms. The Bertz CT molecular complexity index is 1260. The van der Waals surface area contributed by atoms with Gasteiger partial charge in [0.2, 0.25) is 5.91 Å². The molecule has 1 atom stereocenters. The molecular formula is C26H25N3O2. The molecule has 0 N–H and O–H groups in total. The van der Waals surface area contributed by atoms with Crippen molar-refractivity contribution in [1.82, 2.24) is 9.55 Å². The maximum atomic E-state index is 12.9. The van der Waals surface area contributed by atoms with Crippen LogP contribution in [0.15, 0.2) is 72.8 Å². The Balaban J connectivity index is 1.54. The predicted molar refractivity (Wildman–Crippen MR) is 123 cm³/mol. The van der Waals surface area contributed by atoms with Crippen LogP contribution in [0.4, 0.5) is 5.69 Å². The Hall–Kier alpha value is -3.60. The molecule has 156 valence electrons. The van der Waals surface area contributed by atoms with Crippen molar-refractivity contribution in [2.45, 2.75) is 25.8 Å². The number of carbonyl (C=O) groups excluding carboxylic acids is 1. The third-order valence-corrected chi connectivity index (χ3v) is 6.01. The van der Waals surface area contributed by atoms with E-state index in [0.717, 1.165) is 39.4 Å². The quantitative estimate of drug-likeness (QED) is 0.468. The standard InChI is InChI=1S/C26H25N3O2/c1-18-8-7-10-21(14-18)28-17-20(15-25(28)30)26-27-22-11-4-5-12-23(22)29(26)16-19-9-3-6-13-24(19)31-2/h3-14,20H,15-17H2,1-2H3/t20-/m0/s1. The van der Waals surface area contributed by atoms with Gasteiger partial charge in [0.1, 0.15) is 11.6 Å². The molecule has 2 heterocycles. The number of aromatic nitrogens is 2. The van der Waals surface area contributed by atoms with Crippen LogP contribution in [0.1, 0.15) is 29.3 Å². The number of para-hydroxylation sites is 3. The van der Waals surface area contributed by atoms with Gasteiger partial charge in [0.25, 0.3) is 0 Å². The molecule has 1 aliphatic heterocycles. The van der Waals surface area contributed by atoms with E-state index in [1.807, 2.05) is 66.4 Å². The lowest BCUT2D eigenvalue weighted by molar-refractivity contribution is -0.117. The number of nitrogens with zero attached hydrogens (tertiary/aromatic N) is 3. The largest absolute Gasteiger partial charge is 0.496 e. The molecular weight excluding hydrogens is 386 g/mol. The first-order valence-corrected chi connectivity index (χ1v) is 10.6. The molecule has 1 aromatic heterocycles. The number of hydrogen-bond donors (Lipinski definition) is 0. The van der Waals surface area contributed by atoms with Gasteiger partial charge in [-0.25, -0.2) is 4.98 Å². The van der Waals surface area contributed by atoms with E-state index in [0.29, 0.717) is 19.5 Å². The van der Waals surface area contributed by atoms with Gasteiger partial charge in [-0.1, -0.05) is 42.5 Å². The molecule has 5 nitrogen and oxygen atoms in total. The van der Waals surface area contributed by atoms with E-state index in [2.05, 4.69) is 22.8 Å². The van der Waals surface area contributed by atoms with Crippen LogP contribution in [0.5, 0.6) is 5.75 Å². The van der Waals surface area contributed by atoms with Crippen LogP contribution in [0.25, 0.3) is 11.0 Å². The lowest BCUT2D eigenvalue weighted by Crippen LogP contribution is -2.24. The van der Waals surface area contributed by atoms with Gasteiger partial charge in [-0.05, 0) is 42.8 Å². The maximum absolute atomic E-state index is 12.9. The normalized spacial score (nSPS) is 16.3. The van der Waals surface area contributed by atoms with E-state index >= 15 is 0 Å². The molecule has 0 aliphatic carbocycles. The molecule has 4 aromatic rings. The Morgan fingerprint density at radius 1 is 1.03 bits per heavy atom. The summed E-state index contributed by atoms with van der Waals surface area (Å²) in [6, 6.07) is 24.3. The van der Waals surface area contributed by atoms with Crippen LogP contribution in [-0.2, 0) is 11.3 Å². The average molecular weight is 412 g/mol. The fourth-order valence-corrected chi connectivity index (χ4v) is 4.50. The van der Waals surface area contributed by atoms with Crippen LogP contribution >= 0.6 is 0 Å². The molecule has 1 fully saturated rings. The summed E-state index contributed by atoms with van der Waals surface area (Å²) in [4.78, 5) is 19.8. The number of methoxy groups -OCH3 is 1. The van der Waals surface area contributed by atoms with E-state index in [4.69, 9.17) is 9.72 Å². The second-order valence-electron chi connectivity index (χ2n) is 8.10. The summed E-state index contributed by atoms with van der Waals surface area (Å²) in [5.74, 6) is 1.99. The molecule has 3 aromatic carbocycles. The van der Waals surface area contributed by atoms with Crippen LogP contribution < -0.4 is 9.64 Å². The van der Waals surface area contributed by atoms with Gasteiger partial charge >= 0.3 is 0 Å². The molecule has 1 aliphatic rings. The van der Waals surface area contributed by atoms with Crippen molar-refractivity contribution in [3.05, 3.63) is 89.7 Å². The van der Waals surface area contributed by atoms with Crippen molar-refractivity contribution < 1.29 is 9.53 Å². The van der Waals surface area contributed by atoms with Crippen LogP contribution in [0, 0.1) is 6.92 Å². The average Bonchev–Trinajstić information content (AvgIpc) is 3.35. The fourth-order valence-electron chi connectivity index (χ4n) is 4.50. The summed E-state index contributed by atoms with van der Waals surface area (Å²) in [6.45, 7) is 3.33. The molecule has 0 unspecified atom stereocenters. The van der Waals surface area contributed by atoms with Crippen molar-refractivity contribution in [2.75, 3.05) is 18.6 Å². The monoisotopic (exact) mass is 411 g/mol. The van der Waals surface area contributed by atoms with E-state index in [9.17, 15) is 4.79 Å². The zero-order valence-corrected chi connectivity index (χ0v) is 17.8. The van der Waals surface area contributed by atoms with Crippen molar-refractivity contribution >= 4 is 22.6 Å². The minimum absolute atomic E-state index is 0.0371. The van der Waals surface area contributed by atoms with Crippen molar-refractivity contribution in [3.8, 4) is 5.75 Å². The highest BCUT2D eigenvalue weighted by atomic mass is 16.5. The zero-order chi connectivity index (χ0) is 21.4. The van der Waals surface area contributed by atoms with Crippen molar-refractivity contribution in [2.24, 2.45) is 0 Å². The van der Waals surface area contributed by atoms with Gasteiger partial charge in [0.15, 0.2) is 0 Å². The molecule has 31 heavy (non-hydrogen) atoms. The smallest absolute Gasteiger partial charge is 0.227 e. The number of rotatable bonds is 5. The molecule has 1 saturated heterocycles. The number of aryl methyl sites for hydroxylation is 1. The second kappa shape index (κ2) is 7.91. The highest BCUT2D eigenvalue weighted by molar-refractivity contribution is 5.96. The van der Waals surface area contributed by atoms with Gasteiger partial charge in [-0.3, -0.25) is 4.79 Å². The Morgan fingerprint density at radius 3 is 2.68 bits per heavy atom. The fraction of sp³-hybridized carbons (Fsp3) is 0.231. The van der Waals surface area contributed by atoms with Gasteiger partial charge in [-0.2, -0.15) is 0 Å². The first-order valence-electron chi connectivity index (χ1n) is 10.6. The van der Waals surface area contributed by atoms with Crippen molar-refractivity contribution in [3.63, 3.8) is 0 Å². The van der Waals surface area contributed by atoms with Crippen molar-refractivity contribution in [1.29, 1.82) is 0 Å². The maximum Gasteiger partial charge on any atom is 0.227 e. The number of carbonyl (C=O) groups is 1. The summed E-state index contributed by atoms with van der Waals surface area (Å²) >= 11 is 0. The third kappa shape index (κ3) is 3.56. The Labute approximate surface area is 181 Å². The second-order valence-corrected chi connectivity index (χ2v) is 8.10. The van der Waals surface area contributed by atoms with Gasteiger partial charge in [0.05, 0.1) is 24.7 Å². The summed E-state index contributed by atoms with van der Waals surface area (Å²) in [6.07, 6.45) is 0.461. The Morgan fingerprint density at radius 2 is 1.84 bits per heavy atom. The van der Waals surface area contributed by atoms with E-state index < -0.39 is 0 Å². The number of benzene rings is 3. The van der Waals surface area contributed by atoms with E-state index in [-0.39, 0.29) is 11.8 Å². The van der Waals surface area contributed by atoms with Crippen LogP contribution in [0.3, 0.4) is 0 Å². The molecule has 0 radical (unpaired) electrons. The summed E-state index contributed by atoms with van der Waals surface area (Å²) in [5, 5.41) is 0. The number of ether oxygens (including phenoxy) is 1. The highest BCUT2D eigenvalue weighted by Gasteiger charge is 2.35. The minimum Gasteiger partial charge on any atom is -0.496 e. The molecule has 0 saturated carbocycles. The topological polar surface area (TPSA) is 47.4 Å². The lowest BCUT2D eigenvalue weighted by atomic mass is 10.1. The molecule has 5 heteroatoms. The van der Waals surface area contributed by atoms with Crippen LogP contribution in [-0.4, -0.2) is 29.1 Å². The van der Waals surface area contributed by atoms with Gasteiger partial charge in [0, 0.05) is 30.1 Å². The molecule has 0 spiro atoms. The van der Waals surface area contributed by atoms with E-state index in [1.54, 1.807) is 7.11 Å². The minimum atomic E-state index is 0.0371. The Kier molecular flexibility index (Phi) is 4.94. The summed E-state index contributed by atoms with van der Waals surface area (Å²) in [7, 11) is 1.70. The van der Waals surface area contributed by atoms with Gasteiger partial charge < -0.3 is 14.2 Å². The van der Waals surface area contributed by atoms with Crippen LogP contribution in [0.2, 0.25) is 0 Å². The number of hydrogen-bond acceptors (Lipinski definition) is 3. The lowest BCUT2D eigenvalue weighted by Gasteiger charge is -2.18. The summed E-state index contributed by atoms with van der Waals surface area (Å²) in [5.41, 5.74) is 5.23.